The molecule has 0 unspecified atom stereocenters. The SMILES string of the molecule is CC(C)c1ccccc1NC(=O)COC(=O)CCC(=O)c1ccc2c(c1)CCCC2. The summed E-state index contributed by atoms with van der Waals surface area (Å²) >= 11 is 0. The standard InChI is InChI=1S/C25H29NO4/c1-17(2)21-9-5-6-10-22(21)26-24(28)16-30-25(29)14-13-23(27)20-12-11-18-7-3-4-8-19(18)15-20/h5-6,9-12,15,17H,3-4,7-8,13-14,16H2,1-2H3,(H,26,28). The van der Waals surface area contributed by atoms with Crippen LogP contribution in [0.3, 0.4) is 0 Å². The summed E-state index contributed by atoms with van der Waals surface area (Å²) in [6.45, 7) is 3.73. The number of anilines is 1. The van der Waals surface area contributed by atoms with Gasteiger partial charge < -0.3 is 10.1 Å². The highest BCUT2D eigenvalue weighted by molar-refractivity contribution is 5.98. The zero-order chi connectivity index (χ0) is 21.5. The number of benzene rings is 2. The van der Waals surface area contributed by atoms with Crippen LogP contribution in [0.25, 0.3) is 0 Å². The van der Waals surface area contributed by atoms with Gasteiger partial charge in [-0.1, -0.05) is 44.2 Å². The average Bonchev–Trinajstić information content (AvgIpc) is 2.76. The third-order valence-corrected chi connectivity index (χ3v) is 5.45. The zero-order valence-corrected chi connectivity index (χ0v) is 17.7. The number of carbonyl (C=O) groups excluding carboxylic acids is 3. The summed E-state index contributed by atoms with van der Waals surface area (Å²) in [5.41, 5.74) is 4.95. The van der Waals surface area contributed by atoms with Gasteiger partial charge in [0.2, 0.25) is 0 Å². The van der Waals surface area contributed by atoms with Crippen molar-refractivity contribution in [1.82, 2.24) is 0 Å². The number of esters is 1. The molecule has 5 heteroatoms. The van der Waals surface area contributed by atoms with Crippen molar-refractivity contribution in [1.29, 1.82) is 0 Å². The summed E-state index contributed by atoms with van der Waals surface area (Å²) in [6, 6.07) is 13.4. The minimum Gasteiger partial charge on any atom is -0.456 e. The predicted molar refractivity (Wildman–Crippen MR) is 117 cm³/mol. The van der Waals surface area contributed by atoms with Crippen LogP contribution in [0.15, 0.2) is 42.5 Å². The van der Waals surface area contributed by atoms with Crippen molar-refractivity contribution in [2.24, 2.45) is 0 Å². The van der Waals surface area contributed by atoms with E-state index in [0.717, 1.165) is 30.5 Å². The number of hydrogen-bond acceptors (Lipinski definition) is 4. The first-order chi connectivity index (χ1) is 14.4. The first-order valence-electron chi connectivity index (χ1n) is 10.6. The van der Waals surface area contributed by atoms with Gasteiger partial charge in [-0.2, -0.15) is 0 Å². The molecule has 2 aromatic carbocycles. The molecule has 0 bridgehead atoms. The van der Waals surface area contributed by atoms with Gasteiger partial charge in [0.25, 0.3) is 5.91 Å². The summed E-state index contributed by atoms with van der Waals surface area (Å²) in [5, 5.41) is 2.78. The summed E-state index contributed by atoms with van der Waals surface area (Å²) < 4.78 is 5.05. The smallest absolute Gasteiger partial charge is 0.306 e. The highest BCUT2D eigenvalue weighted by Crippen LogP contribution is 2.24. The molecule has 0 aromatic heterocycles. The third kappa shape index (κ3) is 5.78. The highest BCUT2D eigenvalue weighted by Gasteiger charge is 2.16. The molecule has 1 amide bonds. The van der Waals surface area contributed by atoms with Crippen LogP contribution in [0.4, 0.5) is 5.69 Å². The number of hydrogen-bond donors (Lipinski definition) is 1. The number of carbonyl (C=O) groups is 3. The van der Waals surface area contributed by atoms with Crippen LogP contribution in [0, 0.1) is 0 Å². The van der Waals surface area contributed by atoms with Crippen LogP contribution in [-0.4, -0.2) is 24.3 Å². The molecule has 3 rings (SSSR count). The van der Waals surface area contributed by atoms with Gasteiger partial charge in [0, 0.05) is 17.7 Å². The Morgan fingerprint density at radius 3 is 2.47 bits per heavy atom. The Kier molecular flexibility index (Phi) is 7.39. The number of ketones is 1. The second kappa shape index (κ2) is 10.2. The van der Waals surface area contributed by atoms with E-state index in [4.69, 9.17) is 4.74 Å². The van der Waals surface area contributed by atoms with Crippen LogP contribution in [-0.2, 0) is 27.2 Å². The van der Waals surface area contributed by atoms with Crippen molar-refractivity contribution in [3.05, 3.63) is 64.7 Å². The van der Waals surface area contributed by atoms with E-state index in [1.54, 1.807) is 0 Å². The van der Waals surface area contributed by atoms with E-state index in [1.165, 1.54) is 17.5 Å². The first kappa shape index (κ1) is 21.8. The Bertz CT molecular complexity index is 932. The van der Waals surface area contributed by atoms with Gasteiger partial charge in [0.15, 0.2) is 12.4 Å². The number of rotatable bonds is 8. The number of para-hydroxylation sites is 1. The van der Waals surface area contributed by atoms with Crippen molar-refractivity contribution in [2.75, 3.05) is 11.9 Å². The number of nitrogens with one attached hydrogen (secondary N) is 1. The Balaban J connectivity index is 1.45. The van der Waals surface area contributed by atoms with Gasteiger partial charge in [-0.05, 0) is 60.4 Å². The molecule has 0 fully saturated rings. The van der Waals surface area contributed by atoms with E-state index in [2.05, 4.69) is 5.32 Å². The number of ether oxygens (including phenoxy) is 1. The number of fused-ring (bicyclic) bond motifs is 1. The van der Waals surface area contributed by atoms with Gasteiger partial charge in [-0.15, -0.1) is 0 Å². The molecule has 0 atom stereocenters. The van der Waals surface area contributed by atoms with Crippen LogP contribution in [0.2, 0.25) is 0 Å². The largest absolute Gasteiger partial charge is 0.456 e. The second-order valence-electron chi connectivity index (χ2n) is 8.06. The van der Waals surface area contributed by atoms with Gasteiger partial charge in [0.05, 0.1) is 6.42 Å². The lowest BCUT2D eigenvalue weighted by Gasteiger charge is -2.16. The first-order valence-corrected chi connectivity index (χ1v) is 10.6. The molecular formula is C25H29NO4. The van der Waals surface area contributed by atoms with Crippen molar-refractivity contribution in [3.8, 4) is 0 Å². The Hall–Kier alpha value is -2.95. The summed E-state index contributed by atoms with van der Waals surface area (Å²) in [7, 11) is 0. The molecule has 0 saturated carbocycles. The number of aryl methyl sites for hydroxylation is 2. The van der Waals surface area contributed by atoms with E-state index < -0.39 is 11.9 Å². The lowest BCUT2D eigenvalue weighted by molar-refractivity contribution is -0.147. The Morgan fingerprint density at radius 1 is 0.967 bits per heavy atom. The molecule has 0 heterocycles. The fraction of sp³-hybridized carbons (Fsp3) is 0.400. The normalized spacial score (nSPS) is 12.9. The maximum absolute atomic E-state index is 12.4. The molecule has 1 aliphatic rings. The topological polar surface area (TPSA) is 72.5 Å². The number of amides is 1. The molecule has 0 aliphatic heterocycles. The van der Waals surface area contributed by atoms with Crippen molar-refractivity contribution >= 4 is 23.3 Å². The lowest BCUT2D eigenvalue weighted by atomic mass is 9.89. The highest BCUT2D eigenvalue weighted by atomic mass is 16.5. The minimum absolute atomic E-state index is 0.0359. The second-order valence-corrected chi connectivity index (χ2v) is 8.06. The quantitative estimate of drug-likeness (QED) is 0.502. The molecule has 5 nitrogen and oxygen atoms in total. The van der Waals surface area contributed by atoms with Crippen LogP contribution in [0.1, 0.15) is 72.5 Å². The van der Waals surface area contributed by atoms with E-state index in [1.807, 2.05) is 56.3 Å². The molecule has 0 spiro atoms. The molecule has 0 radical (unpaired) electrons. The van der Waals surface area contributed by atoms with Gasteiger partial charge in [-0.3, -0.25) is 14.4 Å². The van der Waals surface area contributed by atoms with Crippen LogP contribution in [0.5, 0.6) is 0 Å². The molecule has 0 saturated heterocycles. The molecule has 1 aliphatic carbocycles. The fourth-order valence-electron chi connectivity index (χ4n) is 3.79. The fourth-order valence-corrected chi connectivity index (χ4v) is 3.79. The number of Topliss-reactive ketones (excluding diaryl/α,β-unsaturated/α-hetero) is 1. The van der Waals surface area contributed by atoms with E-state index >= 15 is 0 Å². The van der Waals surface area contributed by atoms with Crippen molar-refractivity contribution in [2.45, 2.75) is 58.3 Å². The monoisotopic (exact) mass is 407 g/mol. The maximum Gasteiger partial charge on any atom is 0.306 e. The molecule has 1 N–H and O–H groups in total. The zero-order valence-electron chi connectivity index (χ0n) is 17.7. The van der Waals surface area contributed by atoms with Gasteiger partial charge in [-0.25, -0.2) is 0 Å². The van der Waals surface area contributed by atoms with Crippen LogP contribution < -0.4 is 5.32 Å². The maximum atomic E-state index is 12.4. The van der Waals surface area contributed by atoms with Crippen molar-refractivity contribution < 1.29 is 19.1 Å². The lowest BCUT2D eigenvalue weighted by Crippen LogP contribution is -2.22. The van der Waals surface area contributed by atoms with E-state index in [9.17, 15) is 14.4 Å². The van der Waals surface area contributed by atoms with Crippen LogP contribution >= 0.6 is 0 Å². The Labute approximate surface area is 177 Å². The third-order valence-electron chi connectivity index (χ3n) is 5.45. The average molecular weight is 408 g/mol. The predicted octanol–water partition coefficient (Wildman–Crippen LogP) is 4.83. The summed E-state index contributed by atoms with van der Waals surface area (Å²) in [6.07, 6.45) is 4.47. The summed E-state index contributed by atoms with van der Waals surface area (Å²) in [4.78, 5) is 36.6. The summed E-state index contributed by atoms with van der Waals surface area (Å²) in [5.74, 6) is -0.750. The molecule has 158 valence electrons. The van der Waals surface area contributed by atoms with Gasteiger partial charge >= 0.3 is 5.97 Å². The molecular weight excluding hydrogens is 378 g/mol. The van der Waals surface area contributed by atoms with Crippen molar-refractivity contribution in [3.63, 3.8) is 0 Å². The van der Waals surface area contributed by atoms with E-state index in [0.29, 0.717) is 5.56 Å². The van der Waals surface area contributed by atoms with Gasteiger partial charge in [0.1, 0.15) is 0 Å². The minimum atomic E-state index is -0.548. The molecule has 30 heavy (non-hydrogen) atoms. The molecule has 2 aromatic rings. The van der Waals surface area contributed by atoms with E-state index in [-0.39, 0.29) is 31.1 Å². The Morgan fingerprint density at radius 2 is 1.70 bits per heavy atom.